The van der Waals surface area contributed by atoms with Crippen LogP contribution < -0.4 is 11.1 Å². The lowest BCUT2D eigenvalue weighted by Gasteiger charge is -2.26. The van der Waals surface area contributed by atoms with E-state index in [1.54, 1.807) is 54.7 Å². The Balaban J connectivity index is 1.76. The van der Waals surface area contributed by atoms with Gasteiger partial charge in [0.25, 0.3) is 5.91 Å². The van der Waals surface area contributed by atoms with Gasteiger partial charge in [-0.2, -0.15) is 0 Å². The van der Waals surface area contributed by atoms with E-state index in [-0.39, 0.29) is 34.1 Å². The van der Waals surface area contributed by atoms with Gasteiger partial charge in [-0.15, -0.1) is 0 Å². The molecule has 4 N–H and O–H groups in total. The van der Waals surface area contributed by atoms with Crippen LogP contribution in [0.2, 0.25) is 0 Å². The van der Waals surface area contributed by atoms with Crippen LogP contribution in [0, 0.1) is 12.3 Å². The number of hydrogen-bond acceptors (Lipinski definition) is 6. The van der Waals surface area contributed by atoms with Crippen molar-refractivity contribution in [1.29, 1.82) is 5.41 Å². The molecule has 0 unspecified atom stereocenters. The average Bonchev–Trinajstić information content (AvgIpc) is 2.99. The van der Waals surface area contributed by atoms with Crippen LogP contribution in [0.15, 0.2) is 85.1 Å². The van der Waals surface area contributed by atoms with Gasteiger partial charge in [0.15, 0.2) is 0 Å². The predicted octanol–water partition coefficient (Wildman–Crippen LogP) is 5.58. The molecule has 9 nitrogen and oxygen atoms in total. The summed E-state index contributed by atoms with van der Waals surface area (Å²) in [6.45, 7) is 4.53. The van der Waals surface area contributed by atoms with E-state index in [1.807, 2.05) is 58.3 Å². The van der Waals surface area contributed by atoms with Gasteiger partial charge in [-0.05, 0) is 72.5 Å². The van der Waals surface area contributed by atoms with E-state index in [4.69, 9.17) is 15.9 Å². The maximum absolute atomic E-state index is 13.6. The van der Waals surface area contributed by atoms with E-state index in [0.717, 1.165) is 17.5 Å². The number of carbonyl (C=O) groups excluding carboxylic acids is 3. The summed E-state index contributed by atoms with van der Waals surface area (Å²) in [6, 6.07) is 22.5. The van der Waals surface area contributed by atoms with E-state index in [1.165, 1.54) is 0 Å². The molecule has 220 valence electrons. The number of nitrogen functional groups attached to an aromatic ring is 1. The molecule has 9 heteroatoms. The minimum Gasteiger partial charge on any atom is -0.457 e. The molecule has 0 bridgehead atoms. The highest BCUT2D eigenvalue weighted by atomic mass is 16.5. The number of nitrogens with two attached hydrogens (primary N) is 1. The first-order valence-electron chi connectivity index (χ1n) is 14.0. The first-order valence-corrected chi connectivity index (χ1v) is 14.0. The molecule has 0 radical (unpaired) electrons. The molecule has 1 aromatic heterocycles. The molecule has 0 aliphatic rings. The molecule has 0 fully saturated rings. The van der Waals surface area contributed by atoms with Crippen LogP contribution in [0.3, 0.4) is 0 Å². The lowest BCUT2D eigenvalue weighted by molar-refractivity contribution is -0.807. The molecular weight excluding hydrogens is 542 g/mol. The summed E-state index contributed by atoms with van der Waals surface area (Å²) in [7, 11) is 3.67. The third-order valence-electron chi connectivity index (χ3n) is 7.02. The summed E-state index contributed by atoms with van der Waals surface area (Å²) in [5.74, 6) is -1.33. The summed E-state index contributed by atoms with van der Waals surface area (Å²) in [5, 5.41) is 10.4. The Kier molecular flexibility index (Phi) is 9.47. The van der Waals surface area contributed by atoms with Gasteiger partial charge >= 0.3 is 11.9 Å². The molecule has 43 heavy (non-hydrogen) atoms. The standard InChI is InChI=1S/C34H35N5O4/c1-5-17-39(3,4)33(41)25-13-16-27(29(19-25)34(42)43-21-23-9-7-6-8-10-23)28-18-22(2)20-37-30(28)32(40)38-26-14-11-24(12-15-26)31(35)36/h6-16,18-20H,5,17,21H2,1-4H3,(H3-,35,36,38,40)/p+1. The van der Waals surface area contributed by atoms with Crippen molar-refractivity contribution in [3.63, 3.8) is 0 Å². The van der Waals surface area contributed by atoms with Crippen LogP contribution in [-0.2, 0) is 11.3 Å². The number of nitrogens with zero attached hydrogens (tertiary/aromatic N) is 2. The minimum absolute atomic E-state index is 0.0460. The van der Waals surface area contributed by atoms with Gasteiger partial charge in [-0.1, -0.05) is 43.3 Å². The highest BCUT2D eigenvalue weighted by Gasteiger charge is 2.30. The molecule has 0 aliphatic heterocycles. The molecule has 4 aromatic rings. The molecule has 1 heterocycles. The Morgan fingerprint density at radius 1 is 0.930 bits per heavy atom. The van der Waals surface area contributed by atoms with Gasteiger partial charge in [-0.3, -0.25) is 19.7 Å². The SMILES string of the molecule is CCC[N+](C)(C)C(=O)c1ccc(-c2cc(C)cnc2C(=O)Nc2ccc(C(=N)N)cc2)c(C(=O)OCc2ccccc2)c1. The summed E-state index contributed by atoms with van der Waals surface area (Å²) in [4.78, 5) is 45.0. The number of nitrogens with one attached hydrogen (secondary N) is 2. The van der Waals surface area contributed by atoms with Crippen LogP contribution in [-0.4, -0.2) is 53.7 Å². The fraction of sp³-hybridized carbons (Fsp3) is 0.206. The van der Waals surface area contributed by atoms with Crippen molar-refractivity contribution in [1.82, 2.24) is 4.98 Å². The zero-order valence-electron chi connectivity index (χ0n) is 24.8. The van der Waals surface area contributed by atoms with Crippen molar-refractivity contribution in [2.45, 2.75) is 26.9 Å². The highest BCUT2D eigenvalue weighted by molar-refractivity contribution is 6.10. The van der Waals surface area contributed by atoms with Gasteiger partial charge in [0, 0.05) is 23.0 Å². The van der Waals surface area contributed by atoms with Crippen LogP contribution in [0.1, 0.15) is 61.2 Å². The Hall–Kier alpha value is -5.15. The maximum Gasteiger partial charge on any atom is 0.345 e. The average molecular weight is 579 g/mol. The monoisotopic (exact) mass is 578 g/mol. The van der Waals surface area contributed by atoms with E-state index < -0.39 is 11.9 Å². The van der Waals surface area contributed by atoms with Crippen molar-refractivity contribution in [3.8, 4) is 11.1 Å². The number of quaternary nitrogens is 1. The summed E-state index contributed by atoms with van der Waals surface area (Å²) in [6.07, 6.45) is 2.39. The van der Waals surface area contributed by atoms with Gasteiger partial charge in [0.1, 0.15) is 18.1 Å². The number of carbonyl (C=O) groups is 3. The number of amides is 2. The van der Waals surface area contributed by atoms with E-state index in [9.17, 15) is 14.4 Å². The summed E-state index contributed by atoms with van der Waals surface area (Å²) >= 11 is 0. The second kappa shape index (κ2) is 13.2. The number of amidine groups is 1. The van der Waals surface area contributed by atoms with Gasteiger partial charge in [0.05, 0.1) is 31.8 Å². The van der Waals surface area contributed by atoms with Crippen LogP contribution in [0.4, 0.5) is 5.69 Å². The Bertz CT molecular complexity index is 1660. The number of aromatic nitrogens is 1. The summed E-state index contributed by atoms with van der Waals surface area (Å²) in [5.41, 5.74) is 9.62. The molecule has 2 amide bonds. The lowest BCUT2D eigenvalue weighted by Crippen LogP contribution is -2.46. The van der Waals surface area contributed by atoms with Crippen molar-refractivity contribution in [2.24, 2.45) is 5.73 Å². The van der Waals surface area contributed by atoms with Crippen molar-refractivity contribution in [3.05, 3.63) is 119 Å². The van der Waals surface area contributed by atoms with Crippen molar-refractivity contribution in [2.75, 3.05) is 26.0 Å². The minimum atomic E-state index is -0.623. The molecule has 0 aliphatic carbocycles. The zero-order chi connectivity index (χ0) is 31.1. The Morgan fingerprint density at radius 3 is 2.26 bits per heavy atom. The van der Waals surface area contributed by atoms with Crippen LogP contribution in [0.25, 0.3) is 11.1 Å². The third kappa shape index (κ3) is 7.38. The lowest BCUT2D eigenvalue weighted by atomic mass is 9.94. The van der Waals surface area contributed by atoms with E-state index >= 15 is 0 Å². The molecule has 0 saturated carbocycles. The highest BCUT2D eigenvalue weighted by Crippen LogP contribution is 2.30. The van der Waals surface area contributed by atoms with Crippen molar-refractivity contribution >= 4 is 29.3 Å². The van der Waals surface area contributed by atoms with Crippen molar-refractivity contribution < 1.29 is 23.6 Å². The quantitative estimate of drug-likeness (QED) is 0.0974. The fourth-order valence-corrected chi connectivity index (χ4v) is 4.77. The fourth-order valence-electron chi connectivity index (χ4n) is 4.77. The Morgan fingerprint density at radius 2 is 1.60 bits per heavy atom. The third-order valence-corrected chi connectivity index (χ3v) is 7.02. The van der Waals surface area contributed by atoms with Gasteiger partial charge in [0.2, 0.25) is 0 Å². The molecule has 0 spiro atoms. The smallest absolute Gasteiger partial charge is 0.345 e. The number of rotatable bonds is 10. The first-order chi connectivity index (χ1) is 20.5. The van der Waals surface area contributed by atoms with Crippen LogP contribution >= 0.6 is 0 Å². The van der Waals surface area contributed by atoms with Gasteiger partial charge < -0.3 is 15.8 Å². The van der Waals surface area contributed by atoms with E-state index in [0.29, 0.717) is 34.5 Å². The second-order valence-corrected chi connectivity index (χ2v) is 10.9. The Labute approximate surface area is 251 Å². The molecule has 3 aromatic carbocycles. The number of benzene rings is 3. The molecular formula is C34H36N5O4+. The second-order valence-electron chi connectivity index (χ2n) is 10.9. The predicted molar refractivity (Wildman–Crippen MR) is 167 cm³/mol. The largest absolute Gasteiger partial charge is 0.457 e. The number of esters is 1. The number of hydrogen-bond donors (Lipinski definition) is 3. The van der Waals surface area contributed by atoms with Crippen LogP contribution in [0.5, 0.6) is 0 Å². The number of aryl methyl sites for hydroxylation is 1. The van der Waals surface area contributed by atoms with Gasteiger partial charge in [-0.25, -0.2) is 9.59 Å². The normalized spacial score (nSPS) is 11.1. The molecule has 0 saturated heterocycles. The summed E-state index contributed by atoms with van der Waals surface area (Å²) < 4.78 is 5.82. The topological polar surface area (TPSA) is 135 Å². The maximum atomic E-state index is 13.6. The molecule has 4 rings (SSSR count). The molecule has 0 atom stereocenters. The zero-order valence-corrected chi connectivity index (χ0v) is 24.8. The first kappa shape index (κ1) is 30.8. The number of pyridine rings is 1. The number of ether oxygens (including phenoxy) is 1. The number of anilines is 1. The van der Waals surface area contributed by atoms with E-state index in [2.05, 4.69) is 10.3 Å².